The lowest BCUT2D eigenvalue weighted by atomic mass is 10.1. The molecule has 2 aromatic rings. The van der Waals surface area contributed by atoms with Gasteiger partial charge >= 0.3 is 0 Å². The molecule has 144 valence electrons. The average molecular weight is 411 g/mol. The number of Topliss-reactive ketones (excluding diaryl/α,β-unsaturated/α-hetero) is 1. The van der Waals surface area contributed by atoms with Gasteiger partial charge in [0.05, 0.1) is 10.5 Å². The lowest BCUT2D eigenvalue weighted by molar-refractivity contribution is -0.118. The van der Waals surface area contributed by atoms with Crippen LogP contribution in [0.4, 0.5) is 5.69 Å². The number of anilines is 1. The van der Waals surface area contributed by atoms with Gasteiger partial charge in [0.1, 0.15) is 5.75 Å². The van der Waals surface area contributed by atoms with Crippen LogP contribution in [0.3, 0.4) is 0 Å². The van der Waals surface area contributed by atoms with Crippen molar-refractivity contribution < 1.29 is 22.7 Å². The first-order valence-electron chi connectivity index (χ1n) is 7.87. The number of hydrogen-bond donors (Lipinski definition) is 1. The van der Waals surface area contributed by atoms with E-state index in [-0.39, 0.29) is 28.6 Å². The second-order valence-electron chi connectivity index (χ2n) is 5.85. The molecule has 0 fully saturated rings. The monoisotopic (exact) mass is 410 g/mol. The molecule has 0 saturated carbocycles. The fourth-order valence-electron chi connectivity index (χ4n) is 2.19. The van der Waals surface area contributed by atoms with Crippen molar-refractivity contribution in [2.75, 3.05) is 26.0 Å². The summed E-state index contributed by atoms with van der Waals surface area (Å²) in [6.45, 7) is 1.02. The Balaban J connectivity index is 2.08. The molecule has 1 amide bonds. The second-order valence-corrected chi connectivity index (χ2v) is 8.44. The van der Waals surface area contributed by atoms with Crippen LogP contribution in [0.2, 0.25) is 5.02 Å². The second kappa shape index (κ2) is 8.51. The van der Waals surface area contributed by atoms with Crippen molar-refractivity contribution in [3.8, 4) is 5.75 Å². The van der Waals surface area contributed by atoms with Crippen molar-refractivity contribution >= 4 is 39.0 Å². The largest absolute Gasteiger partial charge is 0.483 e. The van der Waals surface area contributed by atoms with E-state index in [1.165, 1.54) is 51.4 Å². The zero-order valence-electron chi connectivity index (χ0n) is 15.0. The summed E-state index contributed by atoms with van der Waals surface area (Å²) in [6, 6.07) is 10.4. The Bertz CT molecular complexity index is 973. The minimum absolute atomic E-state index is 0.0581. The van der Waals surface area contributed by atoms with E-state index < -0.39 is 15.9 Å². The lowest BCUT2D eigenvalue weighted by Gasteiger charge is -2.13. The van der Waals surface area contributed by atoms with Crippen LogP contribution in [0.25, 0.3) is 0 Å². The molecule has 0 aliphatic heterocycles. The van der Waals surface area contributed by atoms with Gasteiger partial charge in [0.25, 0.3) is 5.91 Å². The Kier molecular flexibility index (Phi) is 6.59. The molecule has 0 aliphatic carbocycles. The van der Waals surface area contributed by atoms with Crippen LogP contribution >= 0.6 is 11.6 Å². The number of amides is 1. The smallest absolute Gasteiger partial charge is 0.262 e. The van der Waals surface area contributed by atoms with Crippen molar-refractivity contribution in [2.45, 2.75) is 11.8 Å². The van der Waals surface area contributed by atoms with Gasteiger partial charge in [-0.15, -0.1) is 0 Å². The van der Waals surface area contributed by atoms with Crippen LogP contribution in [0.5, 0.6) is 5.75 Å². The number of carbonyl (C=O) groups is 2. The highest BCUT2D eigenvalue weighted by molar-refractivity contribution is 7.89. The van der Waals surface area contributed by atoms with E-state index in [1.807, 2.05) is 0 Å². The van der Waals surface area contributed by atoms with E-state index in [0.29, 0.717) is 10.7 Å². The zero-order valence-corrected chi connectivity index (χ0v) is 16.6. The third kappa shape index (κ3) is 5.29. The Hall–Kier alpha value is -2.42. The molecule has 0 unspecified atom stereocenters. The molecule has 7 nitrogen and oxygen atoms in total. The molecule has 27 heavy (non-hydrogen) atoms. The van der Waals surface area contributed by atoms with Crippen molar-refractivity contribution in [3.63, 3.8) is 0 Å². The van der Waals surface area contributed by atoms with Gasteiger partial charge in [0, 0.05) is 24.8 Å². The van der Waals surface area contributed by atoms with Crippen molar-refractivity contribution in [2.24, 2.45) is 0 Å². The number of nitrogens with zero attached hydrogens (tertiary/aromatic N) is 1. The fourth-order valence-corrected chi connectivity index (χ4v) is 3.31. The van der Waals surface area contributed by atoms with E-state index >= 15 is 0 Å². The van der Waals surface area contributed by atoms with Gasteiger partial charge in [-0.05, 0) is 43.3 Å². The van der Waals surface area contributed by atoms with Gasteiger partial charge in [0.15, 0.2) is 12.4 Å². The van der Waals surface area contributed by atoms with Gasteiger partial charge < -0.3 is 10.1 Å². The number of sulfonamides is 1. The van der Waals surface area contributed by atoms with Crippen LogP contribution in [-0.2, 0) is 14.8 Å². The van der Waals surface area contributed by atoms with E-state index in [2.05, 4.69) is 5.32 Å². The van der Waals surface area contributed by atoms with Crippen LogP contribution in [0.15, 0.2) is 47.4 Å². The molecule has 0 heterocycles. The molecule has 0 radical (unpaired) electrons. The Morgan fingerprint density at radius 1 is 1.15 bits per heavy atom. The van der Waals surface area contributed by atoms with Crippen molar-refractivity contribution in [1.82, 2.24) is 4.31 Å². The van der Waals surface area contributed by atoms with Gasteiger partial charge in [-0.2, -0.15) is 0 Å². The Morgan fingerprint density at radius 2 is 1.85 bits per heavy atom. The summed E-state index contributed by atoms with van der Waals surface area (Å²) in [5, 5.41) is 2.95. The van der Waals surface area contributed by atoms with Gasteiger partial charge in [-0.1, -0.05) is 17.7 Å². The summed E-state index contributed by atoms with van der Waals surface area (Å²) in [4.78, 5) is 23.8. The number of halogens is 1. The van der Waals surface area contributed by atoms with E-state index in [4.69, 9.17) is 16.3 Å². The van der Waals surface area contributed by atoms with Crippen molar-refractivity contribution in [1.29, 1.82) is 0 Å². The standard InChI is InChI=1S/C18H19ClN2O5S/c1-12(22)16-9-13(19)7-8-17(16)26-11-18(23)20-14-5-4-6-15(10-14)27(24,25)21(2)3/h4-10H,11H2,1-3H3,(H,20,23). The average Bonchev–Trinajstić information content (AvgIpc) is 2.60. The van der Waals surface area contributed by atoms with E-state index in [1.54, 1.807) is 12.1 Å². The molecule has 0 aromatic heterocycles. The number of hydrogen-bond acceptors (Lipinski definition) is 5. The van der Waals surface area contributed by atoms with Gasteiger partial charge in [0.2, 0.25) is 10.0 Å². The third-order valence-electron chi connectivity index (χ3n) is 3.58. The molecule has 2 rings (SSSR count). The number of carbonyl (C=O) groups excluding carboxylic acids is 2. The van der Waals surface area contributed by atoms with Crippen LogP contribution in [-0.4, -0.2) is 45.1 Å². The van der Waals surface area contributed by atoms with E-state index in [9.17, 15) is 18.0 Å². The van der Waals surface area contributed by atoms with Crippen LogP contribution in [0.1, 0.15) is 17.3 Å². The molecule has 0 atom stereocenters. The SMILES string of the molecule is CC(=O)c1cc(Cl)ccc1OCC(=O)Nc1cccc(S(=O)(=O)N(C)C)c1. The topological polar surface area (TPSA) is 92.8 Å². The first-order valence-corrected chi connectivity index (χ1v) is 9.69. The first-order chi connectivity index (χ1) is 12.6. The molecular weight excluding hydrogens is 392 g/mol. The first kappa shape index (κ1) is 20.9. The molecule has 9 heteroatoms. The number of ketones is 1. The predicted molar refractivity (Wildman–Crippen MR) is 103 cm³/mol. The van der Waals surface area contributed by atoms with Gasteiger partial charge in [-0.25, -0.2) is 12.7 Å². The predicted octanol–water partition coefficient (Wildman–Crippen LogP) is 2.81. The normalized spacial score (nSPS) is 11.3. The summed E-state index contributed by atoms with van der Waals surface area (Å²) >= 11 is 5.87. The number of nitrogens with one attached hydrogen (secondary N) is 1. The molecule has 1 N–H and O–H groups in total. The maximum atomic E-state index is 12.2. The Labute approximate surface area is 162 Å². The maximum Gasteiger partial charge on any atom is 0.262 e. The highest BCUT2D eigenvalue weighted by atomic mass is 35.5. The molecule has 0 spiro atoms. The fraction of sp³-hybridized carbons (Fsp3) is 0.222. The molecule has 0 aliphatic rings. The molecule has 0 bridgehead atoms. The molecule has 2 aromatic carbocycles. The minimum Gasteiger partial charge on any atom is -0.483 e. The number of ether oxygens (including phenoxy) is 1. The highest BCUT2D eigenvalue weighted by Crippen LogP contribution is 2.23. The summed E-state index contributed by atoms with van der Waals surface area (Å²) in [6.07, 6.45) is 0. The Morgan fingerprint density at radius 3 is 2.48 bits per heavy atom. The number of rotatable bonds is 7. The zero-order chi connectivity index (χ0) is 20.2. The quantitative estimate of drug-likeness (QED) is 0.708. The summed E-state index contributed by atoms with van der Waals surface area (Å²) in [5.41, 5.74) is 0.587. The minimum atomic E-state index is -3.61. The lowest BCUT2D eigenvalue weighted by Crippen LogP contribution is -2.23. The molecule has 0 saturated heterocycles. The van der Waals surface area contributed by atoms with Gasteiger partial charge in [-0.3, -0.25) is 9.59 Å². The maximum absolute atomic E-state index is 12.2. The third-order valence-corrected chi connectivity index (χ3v) is 5.62. The molecular formula is C18H19ClN2O5S. The van der Waals surface area contributed by atoms with Crippen LogP contribution < -0.4 is 10.1 Å². The summed E-state index contributed by atoms with van der Waals surface area (Å²) in [5.74, 6) is -0.501. The van der Waals surface area contributed by atoms with E-state index in [0.717, 1.165) is 4.31 Å². The highest BCUT2D eigenvalue weighted by Gasteiger charge is 2.18. The summed E-state index contributed by atoms with van der Waals surface area (Å²) in [7, 11) is -0.761. The van der Waals surface area contributed by atoms with Crippen LogP contribution in [0, 0.1) is 0 Å². The summed E-state index contributed by atoms with van der Waals surface area (Å²) < 4.78 is 30.8. The van der Waals surface area contributed by atoms with Crippen molar-refractivity contribution in [3.05, 3.63) is 53.1 Å². The number of benzene rings is 2.